The van der Waals surface area contributed by atoms with Gasteiger partial charge in [0.15, 0.2) is 0 Å². The van der Waals surface area contributed by atoms with Gasteiger partial charge in [0, 0.05) is 13.1 Å². The molecular weight excluding hydrogens is 272 g/mol. The molecule has 3 atom stereocenters. The molecular formula is C13H15F2NO2S. The number of nitrogens with zero attached hydrogens (tertiary/aromatic N) is 1. The van der Waals surface area contributed by atoms with Crippen LogP contribution < -0.4 is 0 Å². The Morgan fingerprint density at radius 3 is 2.42 bits per heavy atom. The van der Waals surface area contributed by atoms with Crippen molar-refractivity contribution in [1.29, 1.82) is 0 Å². The molecule has 1 aromatic carbocycles. The first-order chi connectivity index (χ1) is 8.93. The summed E-state index contributed by atoms with van der Waals surface area (Å²) in [4.78, 5) is -0.0110. The van der Waals surface area contributed by atoms with Crippen LogP contribution in [0.3, 0.4) is 0 Å². The number of hydrogen-bond acceptors (Lipinski definition) is 2. The van der Waals surface area contributed by atoms with Gasteiger partial charge in [-0.3, -0.25) is 4.39 Å². The molecule has 0 spiro atoms. The summed E-state index contributed by atoms with van der Waals surface area (Å²) in [6, 6.07) is 3.80. The second-order valence-electron chi connectivity index (χ2n) is 5.43. The number of fused-ring (bicyclic) bond motifs is 1. The molecule has 0 N–H and O–H groups in total. The van der Waals surface area contributed by atoms with Gasteiger partial charge in [-0.25, -0.2) is 12.8 Å². The van der Waals surface area contributed by atoms with Crippen LogP contribution >= 0.6 is 0 Å². The minimum atomic E-state index is -3.65. The Labute approximate surface area is 111 Å². The number of aryl methyl sites for hydroxylation is 1. The van der Waals surface area contributed by atoms with Crippen molar-refractivity contribution in [1.82, 2.24) is 4.31 Å². The lowest BCUT2D eigenvalue weighted by molar-refractivity contribution is 0.361. The molecule has 6 heteroatoms. The molecule has 0 aromatic heterocycles. The maximum atomic E-state index is 13.3. The van der Waals surface area contributed by atoms with Gasteiger partial charge >= 0.3 is 0 Å². The Morgan fingerprint density at radius 2 is 1.89 bits per heavy atom. The van der Waals surface area contributed by atoms with E-state index in [0.717, 1.165) is 6.07 Å². The third kappa shape index (κ3) is 2.07. The van der Waals surface area contributed by atoms with Crippen LogP contribution in [-0.2, 0) is 10.0 Å². The number of piperidine rings is 1. The minimum Gasteiger partial charge on any atom is -0.251 e. The van der Waals surface area contributed by atoms with E-state index < -0.39 is 15.8 Å². The Kier molecular flexibility index (Phi) is 2.90. The second-order valence-corrected chi connectivity index (χ2v) is 7.37. The summed E-state index contributed by atoms with van der Waals surface area (Å²) in [5.41, 5.74) is 0.574. The van der Waals surface area contributed by atoms with E-state index >= 15 is 0 Å². The van der Waals surface area contributed by atoms with E-state index in [1.165, 1.54) is 16.4 Å². The normalized spacial score (nSPS) is 30.4. The Bertz CT molecular complexity index is 585. The number of alkyl halides is 1. The summed E-state index contributed by atoms with van der Waals surface area (Å²) in [5.74, 6) is -0.228. The largest absolute Gasteiger partial charge is 0.251 e. The van der Waals surface area contributed by atoms with E-state index in [0.29, 0.717) is 18.7 Å². The fourth-order valence-corrected chi connectivity index (χ4v) is 4.67. The van der Waals surface area contributed by atoms with Gasteiger partial charge in [0.25, 0.3) is 0 Å². The van der Waals surface area contributed by atoms with Gasteiger partial charge in [-0.15, -0.1) is 0 Å². The predicted octanol–water partition coefficient (Wildman–Crippen LogP) is 1.97. The first kappa shape index (κ1) is 13.0. The Balaban J connectivity index is 1.84. The fourth-order valence-electron chi connectivity index (χ4n) is 3.04. The van der Waals surface area contributed by atoms with Crippen LogP contribution in [0.4, 0.5) is 8.78 Å². The third-order valence-corrected chi connectivity index (χ3v) is 5.98. The van der Waals surface area contributed by atoms with E-state index in [1.807, 2.05) is 0 Å². The molecule has 2 fully saturated rings. The lowest BCUT2D eigenvalue weighted by Crippen LogP contribution is -2.32. The molecule has 0 bridgehead atoms. The molecule has 1 saturated carbocycles. The van der Waals surface area contributed by atoms with Crippen molar-refractivity contribution in [3.63, 3.8) is 0 Å². The lowest BCUT2D eigenvalue weighted by atomic mass is 10.2. The molecule has 1 unspecified atom stereocenters. The van der Waals surface area contributed by atoms with Gasteiger partial charge in [-0.2, -0.15) is 4.31 Å². The summed E-state index contributed by atoms with van der Waals surface area (Å²) in [5, 5.41) is 0. The average Bonchev–Trinajstić information content (AvgIpc) is 2.79. The van der Waals surface area contributed by atoms with Gasteiger partial charge in [0.1, 0.15) is 5.82 Å². The topological polar surface area (TPSA) is 37.4 Å². The van der Waals surface area contributed by atoms with Gasteiger partial charge in [0.05, 0.1) is 11.6 Å². The van der Waals surface area contributed by atoms with E-state index in [9.17, 15) is 17.2 Å². The van der Waals surface area contributed by atoms with Crippen molar-refractivity contribution < 1.29 is 17.2 Å². The van der Waals surface area contributed by atoms with Crippen LogP contribution in [0.25, 0.3) is 0 Å². The van der Waals surface area contributed by atoms with E-state index in [-0.39, 0.29) is 29.3 Å². The number of halogens is 2. The predicted molar refractivity (Wildman–Crippen MR) is 66.3 cm³/mol. The molecule has 3 rings (SSSR count). The lowest BCUT2D eigenvalue weighted by Gasteiger charge is -2.19. The van der Waals surface area contributed by atoms with Crippen molar-refractivity contribution in [3.05, 3.63) is 29.6 Å². The molecule has 1 aromatic rings. The standard InChI is InChI=1S/C13H15F2NO2S/c1-8-2-9(15)4-10(3-8)19(17,18)16-6-12-11(5-14)13(12)7-16/h2-4,11-13H,5-7H2,1H3/t11?,12-,13+. The highest BCUT2D eigenvalue weighted by Crippen LogP contribution is 2.52. The van der Waals surface area contributed by atoms with Crippen LogP contribution in [-0.4, -0.2) is 32.5 Å². The second kappa shape index (κ2) is 4.24. The van der Waals surface area contributed by atoms with Crippen molar-refractivity contribution in [2.45, 2.75) is 11.8 Å². The molecule has 0 amide bonds. The Morgan fingerprint density at radius 1 is 1.26 bits per heavy atom. The summed E-state index contributed by atoms with van der Waals surface area (Å²) >= 11 is 0. The molecule has 1 aliphatic heterocycles. The maximum Gasteiger partial charge on any atom is 0.243 e. The van der Waals surface area contributed by atoms with Crippen LogP contribution in [0.5, 0.6) is 0 Å². The number of hydrogen-bond donors (Lipinski definition) is 0. The van der Waals surface area contributed by atoms with Crippen molar-refractivity contribution >= 4 is 10.0 Å². The molecule has 1 saturated heterocycles. The fraction of sp³-hybridized carbons (Fsp3) is 0.538. The molecule has 0 radical (unpaired) electrons. The van der Waals surface area contributed by atoms with Gasteiger partial charge < -0.3 is 0 Å². The third-order valence-electron chi connectivity index (χ3n) is 4.17. The minimum absolute atomic E-state index is 0.0110. The van der Waals surface area contributed by atoms with Crippen molar-refractivity contribution in [3.8, 4) is 0 Å². The zero-order chi connectivity index (χ0) is 13.8. The summed E-state index contributed by atoms with van der Waals surface area (Å²) < 4.78 is 51.9. The zero-order valence-electron chi connectivity index (χ0n) is 10.5. The van der Waals surface area contributed by atoms with Crippen LogP contribution in [0.2, 0.25) is 0 Å². The number of benzene rings is 1. The highest BCUT2D eigenvalue weighted by molar-refractivity contribution is 7.89. The quantitative estimate of drug-likeness (QED) is 0.852. The van der Waals surface area contributed by atoms with Gasteiger partial charge in [0.2, 0.25) is 10.0 Å². The molecule has 2 aliphatic rings. The average molecular weight is 287 g/mol. The highest BCUT2D eigenvalue weighted by Gasteiger charge is 2.57. The first-order valence-corrected chi connectivity index (χ1v) is 7.71. The smallest absolute Gasteiger partial charge is 0.243 e. The zero-order valence-corrected chi connectivity index (χ0v) is 11.3. The van der Waals surface area contributed by atoms with Crippen LogP contribution in [0.1, 0.15) is 5.56 Å². The summed E-state index contributed by atoms with van der Waals surface area (Å²) in [7, 11) is -3.65. The molecule has 1 aliphatic carbocycles. The first-order valence-electron chi connectivity index (χ1n) is 6.27. The van der Waals surface area contributed by atoms with E-state index in [1.54, 1.807) is 6.92 Å². The maximum absolute atomic E-state index is 13.3. The number of rotatable bonds is 3. The molecule has 1 heterocycles. The SMILES string of the molecule is Cc1cc(F)cc(S(=O)(=O)N2C[C@@H]3C(CF)[C@@H]3C2)c1. The monoisotopic (exact) mass is 287 g/mol. The van der Waals surface area contributed by atoms with Crippen molar-refractivity contribution in [2.75, 3.05) is 19.8 Å². The summed E-state index contributed by atoms with van der Waals surface area (Å²) in [6.45, 7) is 2.00. The number of sulfonamides is 1. The Hall–Kier alpha value is -1.01. The van der Waals surface area contributed by atoms with E-state index in [2.05, 4.69) is 0 Å². The van der Waals surface area contributed by atoms with Crippen molar-refractivity contribution in [2.24, 2.45) is 17.8 Å². The summed E-state index contributed by atoms with van der Waals surface area (Å²) in [6.07, 6.45) is 0. The molecule has 19 heavy (non-hydrogen) atoms. The van der Waals surface area contributed by atoms with Crippen LogP contribution in [0.15, 0.2) is 23.1 Å². The van der Waals surface area contributed by atoms with E-state index in [4.69, 9.17) is 0 Å². The van der Waals surface area contributed by atoms with Gasteiger partial charge in [-0.1, -0.05) is 0 Å². The molecule has 3 nitrogen and oxygen atoms in total. The van der Waals surface area contributed by atoms with Gasteiger partial charge in [-0.05, 0) is 48.4 Å². The van der Waals surface area contributed by atoms with Crippen LogP contribution in [0, 0.1) is 30.5 Å². The molecule has 104 valence electrons. The highest BCUT2D eigenvalue weighted by atomic mass is 32.2.